The molecule has 0 aliphatic heterocycles. The van der Waals surface area contributed by atoms with Gasteiger partial charge in [0.1, 0.15) is 5.82 Å². The summed E-state index contributed by atoms with van der Waals surface area (Å²) >= 11 is 5.89. The minimum atomic E-state index is -0.578. The van der Waals surface area contributed by atoms with Crippen LogP contribution in [0.2, 0.25) is 5.02 Å². The van der Waals surface area contributed by atoms with E-state index in [9.17, 15) is 19.3 Å². The zero-order valence-electron chi connectivity index (χ0n) is 11.4. The summed E-state index contributed by atoms with van der Waals surface area (Å²) in [6.07, 6.45) is 0.269. The van der Waals surface area contributed by atoms with E-state index < -0.39 is 10.8 Å². The van der Waals surface area contributed by atoms with Crippen molar-refractivity contribution >= 4 is 28.9 Å². The van der Waals surface area contributed by atoms with Gasteiger partial charge in [0.15, 0.2) is 0 Å². The molecule has 7 heteroatoms. The van der Waals surface area contributed by atoms with Crippen LogP contribution in [-0.4, -0.2) is 10.8 Å². The van der Waals surface area contributed by atoms with Crippen LogP contribution in [0.15, 0.2) is 42.5 Å². The van der Waals surface area contributed by atoms with E-state index >= 15 is 0 Å². The van der Waals surface area contributed by atoms with E-state index in [1.54, 1.807) is 18.2 Å². The highest BCUT2D eigenvalue weighted by molar-refractivity contribution is 6.33. The van der Waals surface area contributed by atoms with Crippen molar-refractivity contribution in [2.75, 3.05) is 5.32 Å². The van der Waals surface area contributed by atoms with Crippen molar-refractivity contribution in [1.29, 1.82) is 0 Å². The Morgan fingerprint density at radius 2 is 2.00 bits per heavy atom. The Morgan fingerprint density at radius 1 is 1.27 bits per heavy atom. The smallest absolute Gasteiger partial charge is 0.271 e. The quantitative estimate of drug-likeness (QED) is 0.669. The molecular weight excluding hydrogens is 311 g/mol. The molecule has 1 amide bonds. The number of nitro benzene ring substituents is 1. The number of halogens is 2. The number of nitrogens with zero attached hydrogens (tertiary/aromatic N) is 1. The maximum absolute atomic E-state index is 13.4. The lowest BCUT2D eigenvalue weighted by Crippen LogP contribution is -2.13. The van der Waals surface area contributed by atoms with Crippen molar-refractivity contribution in [2.24, 2.45) is 0 Å². The first-order valence-electron chi connectivity index (χ1n) is 6.44. The van der Waals surface area contributed by atoms with E-state index in [1.807, 2.05) is 0 Å². The van der Waals surface area contributed by atoms with Gasteiger partial charge in [-0.2, -0.15) is 0 Å². The number of benzene rings is 2. The standard InChI is InChI=1S/C15H12ClFN2O3/c16-12-7-6-11(19(21)22)9-14(12)18-15(20)8-5-10-3-1-2-4-13(10)17/h1-4,6-7,9H,5,8H2,(H,18,20). The molecule has 0 fully saturated rings. The molecule has 2 aromatic rings. The number of non-ortho nitro benzene ring substituents is 1. The van der Waals surface area contributed by atoms with Gasteiger partial charge in [-0.3, -0.25) is 14.9 Å². The number of anilines is 1. The number of hydrogen-bond donors (Lipinski definition) is 1. The molecule has 0 unspecified atom stereocenters. The number of hydrogen-bond acceptors (Lipinski definition) is 3. The number of nitro groups is 1. The van der Waals surface area contributed by atoms with Gasteiger partial charge in [-0.1, -0.05) is 29.8 Å². The molecule has 0 bridgehead atoms. The molecule has 0 aromatic heterocycles. The molecule has 0 aliphatic carbocycles. The second-order valence-electron chi connectivity index (χ2n) is 4.56. The Hall–Kier alpha value is -2.47. The minimum absolute atomic E-state index is 0.0416. The van der Waals surface area contributed by atoms with Crippen LogP contribution in [0.25, 0.3) is 0 Å². The summed E-state index contributed by atoms with van der Waals surface area (Å²) < 4.78 is 13.4. The Bertz CT molecular complexity index is 722. The second kappa shape index (κ2) is 7.00. The van der Waals surface area contributed by atoms with Gasteiger partial charge >= 0.3 is 0 Å². The number of amides is 1. The fourth-order valence-electron chi connectivity index (χ4n) is 1.88. The Balaban J connectivity index is 2.02. The molecule has 0 spiro atoms. The van der Waals surface area contributed by atoms with Gasteiger partial charge in [-0.15, -0.1) is 0 Å². The summed E-state index contributed by atoms with van der Waals surface area (Å²) in [5.74, 6) is -0.769. The maximum atomic E-state index is 13.4. The van der Waals surface area contributed by atoms with E-state index in [0.29, 0.717) is 5.56 Å². The van der Waals surface area contributed by atoms with E-state index in [4.69, 9.17) is 11.6 Å². The van der Waals surface area contributed by atoms with Crippen LogP contribution in [0.4, 0.5) is 15.8 Å². The van der Waals surface area contributed by atoms with Crippen molar-refractivity contribution < 1.29 is 14.1 Å². The lowest BCUT2D eigenvalue weighted by Gasteiger charge is -2.07. The Kier molecular flexibility index (Phi) is 5.06. The normalized spacial score (nSPS) is 10.3. The molecule has 2 rings (SSSR count). The van der Waals surface area contributed by atoms with Gasteiger partial charge in [0.25, 0.3) is 5.69 Å². The second-order valence-corrected chi connectivity index (χ2v) is 4.97. The molecule has 0 heterocycles. The maximum Gasteiger partial charge on any atom is 0.271 e. The monoisotopic (exact) mass is 322 g/mol. The summed E-state index contributed by atoms with van der Waals surface area (Å²) in [6.45, 7) is 0. The predicted molar refractivity (Wildman–Crippen MR) is 81.5 cm³/mol. The topological polar surface area (TPSA) is 72.2 Å². The van der Waals surface area contributed by atoms with Crippen molar-refractivity contribution in [1.82, 2.24) is 0 Å². The molecule has 2 aromatic carbocycles. The van der Waals surface area contributed by atoms with E-state index in [1.165, 1.54) is 24.3 Å². The zero-order chi connectivity index (χ0) is 16.1. The first kappa shape index (κ1) is 15.9. The highest BCUT2D eigenvalue weighted by Crippen LogP contribution is 2.26. The largest absolute Gasteiger partial charge is 0.325 e. The minimum Gasteiger partial charge on any atom is -0.325 e. The van der Waals surface area contributed by atoms with Crippen molar-refractivity contribution in [3.63, 3.8) is 0 Å². The zero-order valence-corrected chi connectivity index (χ0v) is 12.1. The van der Waals surface area contributed by atoms with Crippen molar-refractivity contribution in [2.45, 2.75) is 12.8 Å². The molecule has 114 valence electrons. The average Bonchev–Trinajstić information content (AvgIpc) is 2.48. The average molecular weight is 323 g/mol. The fraction of sp³-hybridized carbons (Fsp3) is 0.133. The molecule has 0 atom stereocenters. The number of aryl methyl sites for hydroxylation is 1. The molecular formula is C15H12ClFN2O3. The van der Waals surface area contributed by atoms with Crippen LogP contribution < -0.4 is 5.32 Å². The van der Waals surface area contributed by atoms with E-state index in [0.717, 1.165) is 0 Å². The lowest BCUT2D eigenvalue weighted by atomic mass is 10.1. The summed E-state index contributed by atoms with van der Waals surface area (Å²) in [5, 5.41) is 13.4. The van der Waals surface area contributed by atoms with Crippen molar-refractivity contribution in [3.05, 3.63) is 69.0 Å². The first-order valence-corrected chi connectivity index (χ1v) is 6.82. The lowest BCUT2D eigenvalue weighted by molar-refractivity contribution is -0.384. The van der Waals surface area contributed by atoms with Crippen molar-refractivity contribution in [3.8, 4) is 0 Å². The van der Waals surface area contributed by atoms with Crippen LogP contribution in [0, 0.1) is 15.9 Å². The molecule has 0 saturated carbocycles. The van der Waals surface area contributed by atoms with Gasteiger partial charge in [0.05, 0.1) is 15.6 Å². The molecule has 0 aliphatic rings. The predicted octanol–water partition coefficient (Wildman–Crippen LogP) is 3.96. The molecule has 1 N–H and O–H groups in total. The molecule has 5 nitrogen and oxygen atoms in total. The van der Waals surface area contributed by atoms with Crippen LogP contribution in [0.3, 0.4) is 0 Å². The summed E-state index contributed by atoms with van der Waals surface area (Å²) in [7, 11) is 0. The number of carbonyl (C=O) groups is 1. The fourth-order valence-corrected chi connectivity index (χ4v) is 2.05. The van der Waals surface area contributed by atoms with Gasteiger partial charge in [-0.25, -0.2) is 4.39 Å². The Labute approximate surface area is 130 Å². The molecule has 0 radical (unpaired) electrons. The molecule has 0 saturated heterocycles. The number of nitrogens with one attached hydrogen (secondary N) is 1. The van der Waals surface area contributed by atoms with Crippen LogP contribution in [0.5, 0.6) is 0 Å². The van der Waals surface area contributed by atoms with E-state index in [2.05, 4.69) is 5.32 Å². The van der Waals surface area contributed by atoms with Crippen LogP contribution in [-0.2, 0) is 11.2 Å². The highest BCUT2D eigenvalue weighted by atomic mass is 35.5. The van der Waals surface area contributed by atoms with Gasteiger partial charge in [0, 0.05) is 18.6 Å². The third kappa shape index (κ3) is 4.02. The summed E-state index contributed by atoms with van der Waals surface area (Å²) in [5.41, 5.74) is 0.422. The summed E-state index contributed by atoms with van der Waals surface area (Å²) in [4.78, 5) is 22.0. The third-order valence-electron chi connectivity index (χ3n) is 3.01. The highest BCUT2D eigenvalue weighted by Gasteiger charge is 2.12. The number of carbonyl (C=O) groups excluding carboxylic acids is 1. The first-order chi connectivity index (χ1) is 10.5. The molecule has 22 heavy (non-hydrogen) atoms. The van der Waals surface area contributed by atoms with Crippen LogP contribution in [0.1, 0.15) is 12.0 Å². The number of rotatable bonds is 5. The Morgan fingerprint density at radius 3 is 2.68 bits per heavy atom. The van der Waals surface area contributed by atoms with Gasteiger partial charge in [0.2, 0.25) is 5.91 Å². The van der Waals surface area contributed by atoms with E-state index in [-0.39, 0.29) is 35.1 Å². The third-order valence-corrected chi connectivity index (χ3v) is 3.34. The SMILES string of the molecule is O=C(CCc1ccccc1F)Nc1cc([N+](=O)[O-])ccc1Cl. The van der Waals surface area contributed by atoms with Gasteiger partial charge < -0.3 is 5.32 Å². The van der Waals surface area contributed by atoms with Gasteiger partial charge in [-0.05, 0) is 24.1 Å². The summed E-state index contributed by atoms with van der Waals surface area (Å²) in [6, 6.07) is 9.95. The van der Waals surface area contributed by atoms with Crippen LogP contribution >= 0.6 is 11.6 Å².